The van der Waals surface area contributed by atoms with Crippen molar-refractivity contribution in [1.29, 1.82) is 0 Å². The number of fused-ring (bicyclic) bond motifs is 4. The van der Waals surface area contributed by atoms with Gasteiger partial charge in [0.1, 0.15) is 0 Å². The zero-order valence-electron chi connectivity index (χ0n) is 22.1. The van der Waals surface area contributed by atoms with Gasteiger partial charge in [0.25, 0.3) is 0 Å². The average Bonchev–Trinajstić information content (AvgIpc) is 3.30. The predicted octanol–water partition coefficient (Wildman–Crippen LogP) is 9.15. The monoisotopic (exact) mass is 509 g/mol. The molecule has 0 unspecified atom stereocenters. The maximum Gasteiger partial charge on any atom is 0.338 e. The number of esters is 1. The number of allylic oxidation sites excluding steroid dienone is 1. The Balaban J connectivity index is 1.44. The van der Waals surface area contributed by atoms with Crippen LogP contribution in [0, 0.1) is 0 Å². The number of hydrogen-bond donors (Lipinski definition) is 0. The molecule has 3 heteroatoms. The van der Waals surface area contributed by atoms with Crippen molar-refractivity contribution in [1.82, 2.24) is 4.57 Å². The van der Waals surface area contributed by atoms with Crippen molar-refractivity contribution in [2.24, 2.45) is 0 Å². The van der Waals surface area contributed by atoms with Crippen LogP contribution in [0.5, 0.6) is 0 Å². The van der Waals surface area contributed by atoms with Crippen molar-refractivity contribution < 1.29 is 9.53 Å². The van der Waals surface area contributed by atoms with Crippen LogP contribution in [0.1, 0.15) is 41.3 Å². The van der Waals surface area contributed by atoms with Gasteiger partial charge in [-0.05, 0) is 65.4 Å². The number of para-hydroxylation sites is 2. The Morgan fingerprint density at radius 3 is 2.03 bits per heavy atom. The Morgan fingerprint density at radius 2 is 1.33 bits per heavy atom. The molecule has 0 fully saturated rings. The van der Waals surface area contributed by atoms with Crippen LogP contribution < -0.4 is 0 Å². The molecule has 0 spiro atoms. The van der Waals surface area contributed by atoms with E-state index in [1.165, 1.54) is 21.8 Å². The Hall–Kier alpha value is -4.63. The highest BCUT2D eigenvalue weighted by Crippen LogP contribution is 2.35. The van der Waals surface area contributed by atoms with Crippen LogP contribution in [0.15, 0.2) is 115 Å². The second kappa shape index (κ2) is 11.0. The van der Waals surface area contributed by atoms with Gasteiger partial charge in [0.2, 0.25) is 0 Å². The molecular weight excluding hydrogens is 478 g/mol. The zero-order chi connectivity index (χ0) is 26.6. The molecule has 6 rings (SSSR count). The summed E-state index contributed by atoms with van der Waals surface area (Å²) in [4.78, 5) is 13.2. The van der Waals surface area contributed by atoms with E-state index in [9.17, 15) is 4.79 Å². The highest BCUT2D eigenvalue weighted by molar-refractivity contribution is 6.08. The molecule has 0 bridgehead atoms. The van der Waals surface area contributed by atoms with Gasteiger partial charge in [-0.15, -0.1) is 0 Å². The van der Waals surface area contributed by atoms with Crippen LogP contribution in [-0.4, -0.2) is 17.1 Å². The molecular formula is C36H31NO2. The van der Waals surface area contributed by atoms with E-state index >= 15 is 0 Å². The number of benzene rings is 5. The summed E-state index contributed by atoms with van der Waals surface area (Å²) in [5, 5.41) is 4.75. The van der Waals surface area contributed by atoms with Crippen molar-refractivity contribution in [3.05, 3.63) is 132 Å². The minimum atomic E-state index is -0.278. The van der Waals surface area contributed by atoms with Gasteiger partial charge < -0.3 is 9.30 Å². The standard InChI is InChI=1S/C36H31NO2/c1-2-39-36(38)32-23-22-27-15-6-7-17-29(27)35(32)28(25-26-13-4-3-5-14-26)16-12-24-37-33-20-10-8-18-30(33)31-19-9-11-21-34(31)37/h3-11,13-15,17-23,25H,2,12,16,24H2,1H3/b28-25-. The van der Waals surface area contributed by atoms with E-state index in [1.54, 1.807) is 0 Å². The van der Waals surface area contributed by atoms with Gasteiger partial charge >= 0.3 is 5.97 Å². The third-order valence-corrected chi connectivity index (χ3v) is 7.39. The molecule has 0 aliphatic carbocycles. The molecule has 1 heterocycles. The normalized spacial score (nSPS) is 11.9. The Kier molecular flexibility index (Phi) is 6.97. The van der Waals surface area contributed by atoms with Gasteiger partial charge in [0.15, 0.2) is 0 Å². The van der Waals surface area contributed by atoms with Crippen molar-refractivity contribution >= 4 is 50.2 Å². The van der Waals surface area contributed by atoms with E-state index in [1.807, 2.05) is 37.3 Å². The summed E-state index contributed by atoms with van der Waals surface area (Å²) < 4.78 is 7.94. The Bertz CT molecular complexity index is 1760. The molecule has 6 aromatic rings. The molecule has 0 aliphatic rings. The second-order valence-electron chi connectivity index (χ2n) is 9.80. The number of aryl methyl sites for hydroxylation is 1. The lowest BCUT2D eigenvalue weighted by atomic mass is 9.89. The van der Waals surface area contributed by atoms with Crippen LogP contribution in [0.25, 0.3) is 44.2 Å². The molecule has 1 aromatic heterocycles. The highest BCUT2D eigenvalue weighted by atomic mass is 16.5. The number of ether oxygens (including phenoxy) is 1. The lowest BCUT2D eigenvalue weighted by Crippen LogP contribution is -2.09. The lowest BCUT2D eigenvalue weighted by Gasteiger charge is -2.17. The Labute approximate surface area is 229 Å². The molecule has 0 amide bonds. The van der Waals surface area contributed by atoms with E-state index in [0.29, 0.717) is 12.2 Å². The SMILES string of the molecule is CCOC(=O)c1ccc2ccccc2c1/C(=C\c1ccccc1)CCCn1c2ccccc2c2ccccc21. The van der Waals surface area contributed by atoms with Gasteiger partial charge in [-0.25, -0.2) is 4.79 Å². The van der Waals surface area contributed by atoms with Crippen molar-refractivity contribution in [3.63, 3.8) is 0 Å². The number of hydrogen-bond acceptors (Lipinski definition) is 2. The minimum Gasteiger partial charge on any atom is -0.462 e. The minimum absolute atomic E-state index is 0.278. The summed E-state index contributed by atoms with van der Waals surface area (Å²) in [6.07, 6.45) is 3.97. The quantitative estimate of drug-likeness (QED) is 0.151. The van der Waals surface area contributed by atoms with E-state index in [0.717, 1.165) is 46.9 Å². The fourth-order valence-electron chi connectivity index (χ4n) is 5.69. The number of aromatic nitrogens is 1. The second-order valence-corrected chi connectivity index (χ2v) is 9.80. The molecule has 5 aromatic carbocycles. The number of carbonyl (C=O) groups excluding carboxylic acids is 1. The lowest BCUT2D eigenvalue weighted by molar-refractivity contribution is 0.0526. The van der Waals surface area contributed by atoms with E-state index < -0.39 is 0 Å². The average molecular weight is 510 g/mol. The molecule has 0 aliphatic heterocycles. The third-order valence-electron chi connectivity index (χ3n) is 7.39. The van der Waals surface area contributed by atoms with Gasteiger partial charge in [-0.3, -0.25) is 0 Å². The van der Waals surface area contributed by atoms with Crippen molar-refractivity contribution in [3.8, 4) is 0 Å². The zero-order valence-corrected chi connectivity index (χ0v) is 22.1. The first-order valence-corrected chi connectivity index (χ1v) is 13.7. The first kappa shape index (κ1) is 24.7. The molecule has 0 atom stereocenters. The van der Waals surface area contributed by atoms with Crippen LogP contribution in [0.3, 0.4) is 0 Å². The third kappa shape index (κ3) is 4.84. The summed E-state index contributed by atoms with van der Waals surface area (Å²) in [5.41, 5.74) is 6.36. The molecule has 192 valence electrons. The summed E-state index contributed by atoms with van der Waals surface area (Å²) in [5.74, 6) is -0.278. The molecule has 0 saturated carbocycles. The molecule has 0 radical (unpaired) electrons. The summed E-state index contributed by atoms with van der Waals surface area (Å²) in [7, 11) is 0. The maximum atomic E-state index is 13.2. The predicted molar refractivity (Wildman–Crippen MR) is 163 cm³/mol. The van der Waals surface area contributed by atoms with Crippen molar-refractivity contribution in [2.45, 2.75) is 26.3 Å². The summed E-state index contributed by atoms with van der Waals surface area (Å²) in [6.45, 7) is 3.07. The molecule has 3 nitrogen and oxygen atoms in total. The fraction of sp³-hybridized carbons (Fsp3) is 0.139. The molecule has 39 heavy (non-hydrogen) atoms. The van der Waals surface area contributed by atoms with Crippen molar-refractivity contribution in [2.75, 3.05) is 6.61 Å². The van der Waals surface area contributed by atoms with E-state index in [-0.39, 0.29) is 5.97 Å². The molecule has 0 N–H and O–H groups in total. The number of rotatable bonds is 8. The van der Waals surface area contributed by atoms with Gasteiger partial charge in [-0.2, -0.15) is 0 Å². The summed E-state index contributed by atoms with van der Waals surface area (Å²) in [6, 6.07) is 39.9. The first-order chi connectivity index (χ1) is 19.2. The summed E-state index contributed by atoms with van der Waals surface area (Å²) >= 11 is 0. The maximum absolute atomic E-state index is 13.2. The topological polar surface area (TPSA) is 31.2 Å². The van der Waals surface area contributed by atoms with Gasteiger partial charge in [-0.1, -0.05) is 103 Å². The van der Waals surface area contributed by atoms with Crippen LogP contribution in [0.4, 0.5) is 0 Å². The Morgan fingerprint density at radius 1 is 0.718 bits per heavy atom. The van der Waals surface area contributed by atoms with Gasteiger partial charge in [0, 0.05) is 28.4 Å². The van der Waals surface area contributed by atoms with Crippen LogP contribution >= 0.6 is 0 Å². The van der Waals surface area contributed by atoms with Crippen LogP contribution in [-0.2, 0) is 11.3 Å². The smallest absolute Gasteiger partial charge is 0.338 e. The number of nitrogens with zero attached hydrogens (tertiary/aromatic N) is 1. The van der Waals surface area contributed by atoms with Crippen LogP contribution in [0.2, 0.25) is 0 Å². The first-order valence-electron chi connectivity index (χ1n) is 13.7. The molecule has 0 saturated heterocycles. The largest absolute Gasteiger partial charge is 0.462 e. The van der Waals surface area contributed by atoms with Gasteiger partial charge in [0.05, 0.1) is 12.2 Å². The number of carbonyl (C=O) groups is 1. The van der Waals surface area contributed by atoms with E-state index in [4.69, 9.17) is 4.74 Å². The van der Waals surface area contributed by atoms with E-state index in [2.05, 4.69) is 95.6 Å². The highest BCUT2D eigenvalue weighted by Gasteiger charge is 2.19. The fourth-order valence-corrected chi connectivity index (χ4v) is 5.69.